The zero-order valence-corrected chi connectivity index (χ0v) is 11.4. The summed E-state index contributed by atoms with van der Waals surface area (Å²) in [5, 5.41) is 9.49. The van der Waals surface area contributed by atoms with Gasteiger partial charge in [0.1, 0.15) is 6.54 Å². The summed E-state index contributed by atoms with van der Waals surface area (Å²) < 4.78 is 0. The number of nitrogens with zero attached hydrogens (tertiary/aromatic N) is 2. The van der Waals surface area contributed by atoms with Crippen LogP contribution in [0.2, 0.25) is 0 Å². The van der Waals surface area contributed by atoms with Crippen LogP contribution in [0.4, 0.5) is 4.79 Å². The molecular formula is C12H18N2O3S. The van der Waals surface area contributed by atoms with Crippen molar-refractivity contribution in [3.05, 3.63) is 0 Å². The molecule has 1 heterocycles. The maximum Gasteiger partial charge on any atom is 0.323 e. The standard InChI is InChI=1S/C12H18N2O3S/c1-4-5-13(8-11(15)16)12(17)14-6-9(2)18-10(3)7-14/h1,9-10H,5-8H2,2-3H3,(H,15,16). The van der Waals surface area contributed by atoms with Gasteiger partial charge in [0.15, 0.2) is 0 Å². The number of hydrogen-bond donors (Lipinski definition) is 1. The summed E-state index contributed by atoms with van der Waals surface area (Å²) >= 11 is 1.83. The zero-order chi connectivity index (χ0) is 13.7. The van der Waals surface area contributed by atoms with Gasteiger partial charge in [-0.15, -0.1) is 6.42 Å². The van der Waals surface area contributed by atoms with Gasteiger partial charge in [0.05, 0.1) is 6.54 Å². The predicted molar refractivity (Wildman–Crippen MR) is 71.5 cm³/mol. The molecule has 0 radical (unpaired) electrons. The van der Waals surface area contributed by atoms with Crippen LogP contribution in [0.1, 0.15) is 13.8 Å². The van der Waals surface area contributed by atoms with E-state index in [1.165, 1.54) is 4.90 Å². The third-order valence-corrected chi connectivity index (χ3v) is 3.80. The Bertz CT molecular complexity index is 357. The van der Waals surface area contributed by atoms with Crippen molar-refractivity contribution in [2.45, 2.75) is 24.3 Å². The van der Waals surface area contributed by atoms with Crippen LogP contribution in [0.5, 0.6) is 0 Å². The minimum atomic E-state index is -1.05. The Labute approximate surface area is 112 Å². The van der Waals surface area contributed by atoms with Crippen LogP contribution in [0.15, 0.2) is 0 Å². The number of urea groups is 1. The number of terminal acetylenes is 1. The van der Waals surface area contributed by atoms with Crippen molar-refractivity contribution in [3.63, 3.8) is 0 Å². The molecule has 1 fully saturated rings. The number of carbonyl (C=O) groups is 2. The predicted octanol–water partition coefficient (Wildman–Crippen LogP) is 0.952. The molecule has 2 amide bonds. The number of aliphatic carboxylic acids is 1. The molecule has 2 atom stereocenters. The Balaban J connectivity index is 2.69. The summed E-state index contributed by atoms with van der Waals surface area (Å²) in [5.74, 6) is 1.28. The van der Waals surface area contributed by atoms with E-state index in [-0.39, 0.29) is 19.1 Å². The number of hydrogen-bond acceptors (Lipinski definition) is 3. The maximum atomic E-state index is 12.2. The van der Waals surface area contributed by atoms with Crippen molar-refractivity contribution in [1.29, 1.82) is 0 Å². The lowest BCUT2D eigenvalue weighted by atomic mass is 10.3. The molecule has 2 unspecified atom stereocenters. The molecule has 0 spiro atoms. The van der Waals surface area contributed by atoms with Crippen LogP contribution in [-0.4, -0.2) is 63.6 Å². The first-order chi connectivity index (χ1) is 8.43. The lowest BCUT2D eigenvalue weighted by molar-refractivity contribution is -0.137. The van der Waals surface area contributed by atoms with E-state index in [9.17, 15) is 9.59 Å². The Morgan fingerprint density at radius 2 is 2.00 bits per heavy atom. The average molecular weight is 270 g/mol. The van der Waals surface area contributed by atoms with E-state index in [0.29, 0.717) is 23.6 Å². The van der Waals surface area contributed by atoms with Crippen LogP contribution in [0.25, 0.3) is 0 Å². The quantitative estimate of drug-likeness (QED) is 0.776. The molecule has 1 saturated heterocycles. The van der Waals surface area contributed by atoms with E-state index in [1.54, 1.807) is 4.90 Å². The second kappa shape index (κ2) is 6.55. The molecule has 0 saturated carbocycles. The topological polar surface area (TPSA) is 60.9 Å². The highest BCUT2D eigenvalue weighted by Crippen LogP contribution is 2.25. The highest BCUT2D eigenvalue weighted by Gasteiger charge is 2.29. The third-order valence-electron chi connectivity index (χ3n) is 2.57. The summed E-state index contributed by atoms with van der Waals surface area (Å²) in [6, 6.07) is -0.283. The monoisotopic (exact) mass is 270 g/mol. The van der Waals surface area contributed by atoms with Crippen molar-refractivity contribution in [1.82, 2.24) is 9.80 Å². The Morgan fingerprint density at radius 1 is 1.44 bits per heavy atom. The third kappa shape index (κ3) is 4.15. The second-order valence-corrected chi connectivity index (χ2v) is 6.28. The van der Waals surface area contributed by atoms with Gasteiger partial charge >= 0.3 is 12.0 Å². The average Bonchev–Trinajstić information content (AvgIpc) is 2.25. The number of rotatable bonds is 3. The SMILES string of the molecule is C#CCN(CC(=O)O)C(=O)N1CC(C)SC(C)C1. The Hall–Kier alpha value is -1.35. The fraction of sp³-hybridized carbons (Fsp3) is 0.667. The summed E-state index contributed by atoms with van der Waals surface area (Å²) in [5.41, 5.74) is 0. The van der Waals surface area contributed by atoms with Crippen LogP contribution >= 0.6 is 11.8 Å². The summed E-state index contributed by atoms with van der Waals surface area (Å²) in [7, 11) is 0. The molecule has 0 aromatic heterocycles. The van der Waals surface area contributed by atoms with E-state index in [0.717, 1.165) is 0 Å². The van der Waals surface area contributed by atoms with Gasteiger partial charge in [-0.3, -0.25) is 4.79 Å². The van der Waals surface area contributed by atoms with Crippen molar-refractivity contribution in [2.75, 3.05) is 26.2 Å². The van der Waals surface area contributed by atoms with E-state index in [1.807, 2.05) is 11.8 Å². The highest BCUT2D eigenvalue weighted by atomic mass is 32.2. The smallest absolute Gasteiger partial charge is 0.323 e. The molecule has 0 bridgehead atoms. The van der Waals surface area contributed by atoms with Gasteiger partial charge < -0.3 is 14.9 Å². The van der Waals surface area contributed by atoms with E-state index in [4.69, 9.17) is 11.5 Å². The lowest BCUT2D eigenvalue weighted by Crippen LogP contribution is -2.51. The second-order valence-electron chi connectivity index (χ2n) is 4.40. The van der Waals surface area contributed by atoms with Crippen molar-refractivity contribution >= 4 is 23.8 Å². The number of carbonyl (C=O) groups excluding carboxylic acids is 1. The molecule has 18 heavy (non-hydrogen) atoms. The van der Waals surface area contributed by atoms with Crippen LogP contribution in [0, 0.1) is 12.3 Å². The van der Waals surface area contributed by atoms with Crippen molar-refractivity contribution in [3.8, 4) is 12.3 Å². The van der Waals surface area contributed by atoms with E-state index >= 15 is 0 Å². The van der Waals surface area contributed by atoms with Gasteiger partial charge in [-0.05, 0) is 0 Å². The van der Waals surface area contributed by atoms with Crippen molar-refractivity contribution in [2.24, 2.45) is 0 Å². The number of thioether (sulfide) groups is 1. The molecule has 6 heteroatoms. The molecule has 1 rings (SSSR count). The van der Waals surface area contributed by atoms with Gasteiger partial charge in [0, 0.05) is 23.6 Å². The Kier molecular flexibility index (Phi) is 5.35. The van der Waals surface area contributed by atoms with E-state index < -0.39 is 5.97 Å². The fourth-order valence-electron chi connectivity index (χ4n) is 2.00. The molecule has 1 aliphatic heterocycles. The number of carboxylic acids is 1. The van der Waals surface area contributed by atoms with Crippen LogP contribution in [0.3, 0.4) is 0 Å². The lowest BCUT2D eigenvalue weighted by Gasteiger charge is -2.37. The number of amides is 2. The molecule has 1 N–H and O–H groups in total. The fourth-order valence-corrected chi connectivity index (χ4v) is 3.32. The molecule has 5 nitrogen and oxygen atoms in total. The van der Waals surface area contributed by atoms with Crippen LogP contribution in [-0.2, 0) is 4.79 Å². The molecule has 100 valence electrons. The first-order valence-electron chi connectivity index (χ1n) is 5.78. The van der Waals surface area contributed by atoms with Gasteiger partial charge in [0.2, 0.25) is 0 Å². The molecule has 0 aromatic rings. The maximum absolute atomic E-state index is 12.2. The largest absolute Gasteiger partial charge is 0.480 e. The minimum Gasteiger partial charge on any atom is -0.480 e. The zero-order valence-electron chi connectivity index (χ0n) is 10.6. The summed E-state index contributed by atoms with van der Waals surface area (Å²) in [6.07, 6.45) is 5.17. The minimum absolute atomic E-state index is 0.0253. The highest BCUT2D eigenvalue weighted by molar-refractivity contribution is 8.00. The van der Waals surface area contributed by atoms with Gasteiger partial charge in [-0.1, -0.05) is 19.8 Å². The van der Waals surface area contributed by atoms with E-state index in [2.05, 4.69) is 19.8 Å². The summed E-state index contributed by atoms with van der Waals surface area (Å²) in [4.78, 5) is 25.8. The normalized spacial score (nSPS) is 23.3. The van der Waals surface area contributed by atoms with Gasteiger partial charge in [0.25, 0.3) is 0 Å². The number of carboxylic acid groups (broad SMARTS) is 1. The van der Waals surface area contributed by atoms with Crippen LogP contribution < -0.4 is 0 Å². The van der Waals surface area contributed by atoms with Gasteiger partial charge in [-0.2, -0.15) is 11.8 Å². The summed E-state index contributed by atoms with van der Waals surface area (Å²) in [6.45, 7) is 5.06. The first-order valence-corrected chi connectivity index (χ1v) is 6.73. The first kappa shape index (κ1) is 14.7. The Morgan fingerprint density at radius 3 is 2.44 bits per heavy atom. The molecule has 1 aliphatic rings. The molecule has 0 aliphatic carbocycles. The molecular weight excluding hydrogens is 252 g/mol. The molecule has 0 aromatic carbocycles. The van der Waals surface area contributed by atoms with Gasteiger partial charge in [-0.25, -0.2) is 4.79 Å². The van der Waals surface area contributed by atoms with Crippen molar-refractivity contribution < 1.29 is 14.7 Å².